The van der Waals surface area contributed by atoms with Crippen molar-refractivity contribution < 1.29 is 23.5 Å². The molecule has 0 aliphatic carbocycles. The Balaban J connectivity index is 1.67. The number of Topliss-reactive ketones (excluding diaryl/α,β-unsaturated/α-hetero) is 1. The van der Waals surface area contributed by atoms with Gasteiger partial charge in [0.15, 0.2) is 6.61 Å². The minimum atomic E-state index is -0.756. The molecule has 0 bridgehead atoms. The summed E-state index contributed by atoms with van der Waals surface area (Å²) < 4.78 is 12.7. The van der Waals surface area contributed by atoms with Crippen molar-refractivity contribution >= 4 is 29.4 Å². The van der Waals surface area contributed by atoms with Crippen LogP contribution in [0.15, 0.2) is 41.5 Å². The normalized spacial score (nSPS) is 18.7. The summed E-state index contributed by atoms with van der Waals surface area (Å²) in [5.74, 6) is -0.130. The number of thioether (sulfide) groups is 1. The number of aryl methyl sites for hydroxylation is 1. The summed E-state index contributed by atoms with van der Waals surface area (Å²) in [6.45, 7) is 9.13. The maximum absolute atomic E-state index is 12.6. The zero-order valence-electron chi connectivity index (χ0n) is 16.7. The number of carbonyl (C=O) groups excluding carboxylic acids is 3. The molecule has 1 aliphatic heterocycles. The smallest absolute Gasteiger partial charge is 0.330 e. The maximum Gasteiger partial charge on any atom is 0.330 e. The molecule has 1 aliphatic rings. The van der Waals surface area contributed by atoms with E-state index < -0.39 is 12.0 Å². The lowest BCUT2D eigenvalue weighted by molar-refractivity contribution is -0.152. The molecule has 0 N–H and O–H groups in total. The second-order valence-corrected chi connectivity index (χ2v) is 7.97. The van der Waals surface area contributed by atoms with Crippen LogP contribution in [0.2, 0.25) is 0 Å². The molecule has 0 saturated carbocycles. The number of hydrogen-bond acceptors (Lipinski definition) is 6. The molecular formula is C21H24N2O5S. The van der Waals surface area contributed by atoms with Crippen LogP contribution >= 0.6 is 11.8 Å². The summed E-state index contributed by atoms with van der Waals surface area (Å²) in [5.41, 5.74) is 2.27. The van der Waals surface area contributed by atoms with Gasteiger partial charge in [0.25, 0.3) is 0 Å². The fourth-order valence-electron chi connectivity index (χ4n) is 3.53. The fraction of sp³-hybridized carbons (Fsp3) is 0.381. The van der Waals surface area contributed by atoms with Crippen molar-refractivity contribution in [2.45, 2.75) is 38.7 Å². The monoisotopic (exact) mass is 416 g/mol. The van der Waals surface area contributed by atoms with Crippen LogP contribution < -0.4 is 0 Å². The van der Waals surface area contributed by atoms with E-state index in [0.717, 1.165) is 11.4 Å². The Labute approximate surface area is 173 Å². The van der Waals surface area contributed by atoms with Crippen LogP contribution in [0.5, 0.6) is 0 Å². The number of amides is 1. The first-order valence-corrected chi connectivity index (χ1v) is 10.3. The molecule has 3 rings (SSSR count). The highest BCUT2D eigenvalue weighted by atomic mass is 32.2. The molecule has 2 atom stereocenters. The minimum absolute atomic E-state index is 0.252. The number of esters is 1. The highest BCUT2D eigenvalue weighted by Crippen LogP contribution is 2.41. The van der Waals surface area contributed by atoms with Gasteiger partial charge >= 0.3 is 5.97 Å². The lowest BCUT2D eigenvalue weighted by Gasteiger charge is -2.25. The summed E-state index contributed by atoms with van der Waals surface area (Å²) >= 11 is 1.43. The predicted molar refractivity (Wildman–Crippen MR) is 110 cm³/mol. The van der Waals surface area contributed by atoms with Crippen molar-refractivity contribution in [3.05, 3.63) is 59.8 Å². The van der Waals surface area contributed by atoms with Crippen molar-refractivity contribution in [3.63, 3.8) is 0 Å². The highest BCUT2D eigenvalue weighted by Gasteiger charge is 2.43. The van der Waals surface area contributed by atoms with E-state index in [2.05, 4.69) is 6.58 Å². The van der Waals surface area contributed by atoms with Crippen LogP contribution in [-0.2, 0) is 20.9 Å². The van der Waals surface area contributed by atoms with Gasteiger partial charge in [-0.05, 0) is 32.0 Å². The largest absolute Gasteiger partial charge is 0.466 e. The molecule has 29 heavy (non-hydrogen) atoms. The molecule has 0 aromatic carbocycles. The molecule has 2 aromatic heterocycles. The molecule has 8 heteroatoms. The number of hydrogen-bond donors (Lipinski definition) is 0. The minimum Gasteiger partial charge on any atom is -0.466 e. The SMILES string of the molecule is C=CCn1c(C)cc(C(=O)COC(=O)[C@@H]2CS[C@@H](c3ccco3)N2C(C)=O)c1C. The lowest BCUT2D eigenvalue weighted by atomic mass is 10.1. The predicted octanol–water partition coefficient (Wildman–Crippen LogP) is 3.27. The van der Waals surface area contributed by atoms with Crippen molar-refractivity contribution in [1.29, 1.82) is 0 Å². The van der Waals surface area contributed by atoms with Gasteiger partial charge in [0.1, 0.15) is 17.2 Å². The van der Waals surface area contributed by atoms with Gasteiger partial charge in [0.05, 0.1) is 6.26 Å². The third kappa shape index (κ3) is 4.17. The first-order chi connectivity index (χ1) is 13.8. The zero-order chi connectivity index (χ0) is 21.1. The van der Waals surface area contributed by atoms with E-state index in [1.165, 1.54) is 29.8 Å². The van der Waals surface area contributed by atoms with E-state index in [9.17, 15) is 14.4 Å². The van der Waals surface area contributed by atoms with Gasteiger partial charge in [-0.25, -0.2) is 4.79 Å². The number of rotatable bonds is 7. The molecule has 0 radical (unpaired) electrons. The van der Waals surface area contributed by atoms with Crippen molar-refractivity contribution in [1.82, 2.24) is 9.47 Å². The molecular weight excluding hydrogens is 392 g/mol. The first-order valence-electron chi connectivity index (χ1n) is 9.26. The van der Waals surface area contributed by atoms with E-state index in [0.29, 0.717) is 23.6 Å². The first kappa shape index (κ1) is 21.0. The molecule has 1 amide bonds. The Kier molecular flexibility index (Phi) is 6.32. The van der Waals surface area contributed by atoms with Crippen LogP contribution in [0.1, 0.15) is 39.8 Å². The van der Waals surface area contributed by atoms with Crippen molar-refractivity contribution in [2.24, 2.45) is 0 Å². The Bertz CT molecular complexity index is 931. The number of allylic oxidation sites excluding steroid dienone is 1. The van der Waals surface area contributed by atoms with Crippen LogP contribution in [0.25, 0.3) is 0 Å². The van der Waals surface area contributed by atoms with E-state index in [1.54, 1.807) is 24.3 Å². The molecule has 0 unspecified atom stereocenters. The standard InChI is InChI=1S/C21H24N2O5S/c1-5-8-22-13(2)10-16(14(22)3)18(25)11-28-21(26)17-12-29-20(23(17)15(4)24)19-7-6-9-27-19/h5-7,9-10,17,20H,1,8,11-12H2,2-4H3/t17-,20-/m0/s1. The van der Waals surface area contributed by atoms with Gasteiger partial charge in [0, 0.05) is 36.2 Å². The van der Waals surface area contributed by atoms with Gasteiger partial charge in [-0.3, -0.25) is 9.59 Å². The van der Waals surface area contributed by atoms with Crippen LogP contribution in [0.3, 0.4) is 0 Å². The second kappa shape index (κ2) is 8.73. The fourth-order valence-corrected chi connectivity index (χ4v) is 4.94. The van der Waals surface area contributed by atoms with Crippen molar-refractivity contribution in [3.8, 4) is 0 Å². The molecule has 154 valence electrons. The van der Waals surface area contributed by atoms with E-state index in [-0.39, 0.29) is 23.7 Å². The van der Waals surface area contributed by atoms with Crippen LogP contribution in [0.4, 0.5) is 0 Å². The number of carbonyl (C=O) groups is 3. The average Bonchev–Trinajstić information content (AvgIpc) is 3.40. The molecule has 2 aromatic rings. The molecule has 0 spiro atoms. The number of ketones is 1. The number of furan rings is 1. The average molecular weight is 416 g/mol. The summed E-state index contributed by atoms with van der Waals surface area (Å²) in [5, 5.41) is -0.381. The number of aromatic nitrogens is 1. The van der Waals surface area contributed by atoms with Gasteiger partial charge in [0.2, 0.25) is 11.7 Å². The molecule has 1 fully saturated rings. The summed E-state index contributed by atoms with van der Waals surface area (Å²) in [7, 11) is 0. The zero-order valence-corrected chi connectivity index (χ0v) is 17.5. The quantitative estimate of drug-likeness (QED) is 0.391. The van der Waals surface area contributed by atoms with E-state index >= 15 is 0 Å². The molecule has 7 nitrogen and oxygen atoms in total. The van der Waals surface area contributed by atoms with Gasteiger partial charge < -0.3 is 18.6 Å². The van der Waals surface area contributed by atoms with Crippen molar-refractivity contribution in [2.75, 3.05) is 12.4 Å². The van der Waals surface area contributed by atoms with Crippen LogP contribution in [-0.4, -0.2) is 45.5 Å². The van der Waals surface area contributed by atoms with Gasteiger partial charge in [-0.15, -0.1) is 18.3 Å². The molecule has 1 saturated heterocycles. The third-order valence-corrected chi connectivity index (χ3v) is 6.24. The summed E-state index contributed by atoms with van der Waals surface area (Å²) in [6.07, 6.45) is 3.29. The lowest BCUT2D eigenvalue weighted by Crippen LogP contribution is -2.43. The number of nitrogens with zero attached hydrogens (tertiary/aromatic N) is 2. The van der Waals surface area contributed by atoms with Gasteiger partial charge in [-0.2, -0.15) is 0 Å². The molecule has 3 heterocycles. The summed E-state index contributed by atoms with van der Waals surface area (Å²) in [6, 6.07) is 4.54. The van der Waals surface area contributed by atoms with E-state index in [1.807, 2.05) is 18.4 Å². The highest BCUT2D eigenvalue weighted by molar-refractivity contribution is 7.99. The maximum atomic E-state index is 12.6. The van der Waals surface area contributed by atoms with Crippen LogP contribution in [0, 0.1) is 13.8 Å². The number of ether oxygens (including phenoxy) is 1. The second-order valence-electron chi connectivity index (χ2n) is 6.86. The Morgan fingerprint density at radius 1 is 1.38 bits per heavy atom. The summed E-state index contributed by atoms with van der Waals surface area (Å²) in [4.78, 5) is 38.9. The van der Waals surface area contributed by atoms with E-state index in [4.69, 9.17) is 9.15 Å². The Morgan fingerprint density at radius 3 is 2.76 bits per heavy atom. The third-order valence-electron chi connectivity index (χ3n) is 4.95. The topological polar surface area (TPSA) is 81.8 Å². The Morgan fingerprint density at radius 2 is 2.14 bits per heavy atom. The Hall–Kier alpha value is -2.74. The van der Waals surface area contributed by atoms with Gasteiger partial charge in [-0.1, -0.05) is 6.08 Å².